The first-order valence-corrected chi connectivity index (χ1v) is 8.63. The minimum absolute atomic E-state index is 0.124. The first-order valence-electron chi connectivity index (χ1n) is 8.25. The van der Waals surface area contributed by atoms with Crippen molar-refractivity contribution >= 4 is 11.6 Å². The van der Waals surface area contributed by atoms with Gasteiger partial charge in [-0.25, -0.2) is 4.39 Å². The molecular weight excluding hydrogens is 307 g/mol. The minimum atomic E-state index is -0.433. The standard InChI is InChI=1S/C21H22ClF/c1-2-3-4-5-6-7-17-8-10-18(11-9-17)12-13-19-14-15-20(22)21(23)16-19/h8-11,14-16H,2-7H2,1H3. The number of rotatable bonds is 6. The Morgan fingerprint density at radius 2 is 1.52 bits per heavy atom. The molecule has 0 bridgehead atoms. The molecule has 0 aliphatic heterocycles. The summed E-state index contributed by atoms with van der Waals surface area (Å²) in [6, 6.07) is 12.9. The van der Waals surface area contributed by atoms with Crippen molar-refractivity contribution in [1.82, 2.24) is 0 Å². The molecule has 2 aromatic carbocycles. The van der Waals surface area contributed by atoms with Gasteiger partial charge in [0.2, 0.25) is 0 Å². The van der Waals surface area contributed by atoms with E-state index in [9.17, 15) is 4.39 Å². The van der Waals surface area contributed by atoms with E-state index in [0.29, 0.717) is 5.56 Å². The van der Waals surface area contributed by atoms with Crippen LogP contribution < -0.4 is 0 Å². The number of hydrogen-bond acceptors (Lipinski definition) is 0. The maximum atomic E-state index is 13.4. The lowest BCUT2D eigenvalue weighted by Gasteiger charge is -2.01. The summed E-state index contributed by atoms with van der Waals surface area (Å²) in [5.74, 6) is 5.59. The van der Waals surface area contributed by atoms with Gasteiger partial charge < -0.3 is 0 Å². The Kier molecular flexibility index (Phi) is 7.17. The lowest BCUT2D eigenvalue weighted by Crippen LogP contribution is -1.86. The number of halogens is 2. The smallest absolute Gasteiger partial charge is 0.143 e. The monoisotopic (exact) mass is 328 g/mol. The third kappa shape index (κ3) is 6.08. The second-order valence-corrected chi connectivity index (χ2v) is 6.15. The first-order chi connectivity index (χ1) is 11.2. The zero-order valence-electron chi connectivity index (χ0n) is 13.5. The largest absolute Gasteiger partial charge is 0.205 e. The molecule has 0 spiro atoms. The van der Waals surface area contributed by atoms with E-state index in [2.05, 4.69) is 30.9 Å². The number of unbranched alkanes of at least 4 members (excludes halogenated alkanes) is 4. The van der Waals surface area contributed by atoms with Gasteiger partial charge in [0.25, 0.3) is 0 Å². The van der Waals surface area contributed by atoms with Gasteiger partial charge in [0, 0.05) is 11.1 Å². The maximum Gasteiger partial charge on any atom is 0.143 e. The zero-order chi connectivity index (χ0) is 16.5. The second-order valence-electron chi connectivity index (χ2n) is 5.74. The predicted octanol–water partition coefficient (Wildman–Crippen LogP) is 6.39. The Morgan fingerprint density at radius 3 is 2.22 bits per heavy atom. The highest BCUT2D eigenvalue weighted by Crippen LogP contribution is 2.15. The van der Waals surface area contributed by atoms with Gasteiger partial charge in [0.1, 0.15) is 5.82 Å². The Morgan fingerprint density at radius 1 is 0.870 bits per heavy atom. The first kappa shape index (κ1) is 17.6. The van der Waals surface area contributed by atoms with Crippen molar-refractivity contribution in [3.63, 3.8) is 0 Å². The molecule has 0 aromatic heterocycles. The number of hydrogen-bond donors (Lipinski definition) is 0. The molecule has 0 aliphatic carbocycles. The van der Waals surface area contributed by atoms with Crippen LogP contribution in [0.2, 0.25) is 5.02 Å². The fourth-order valence-corrected chi connectivity index (χ4v) is 2.52. The highest BCUT2D eigenvalue weighted by atomic mass is 35.5. The Bertz CT molecular complexity index is 677. The third-order valence-corrected chi connectivity index (χ3v) is 4.10. The molecule has 0 saturated heterocycles. The van der Waals surface area contributed by atoms with E-state index >= 15 is 0 Å². The summed E-state index contributed by atoms with van der Waals surface area (Å²) in [6.07, 6.45) is 7.62. The molecule has 0 fully saturated rings. The summed E-state index contributed by atoms with van der Waals surface area (Å²) in [7, 11) is 0. The van der Waals surface area contributed by atoms with Crippen LogP contribution in [-0.4, -0.2) is 0 Å². The minimum Gasteiger partial charge on any atom is -0.205 e. The van der Waals surface area contributed by atoms with Gasteiger partial charge >= 0.3 is 0 Å². The Hall–Kier alpha value is -1.78. The summed E-state index contributed by atoms with van der Waals surface area (Å²) in [5.41, 5.74) is 2.92. The van der Waals surface area contributed by atoms with Crippen LogP contribution in [0.25, 0.3) is 0 Å². The zero-order valence-corrected chi connectivity index (χ0v) is 14.3. The van der Waals surface area contributed by atoms with E-state index in [1.54, 1.807) is 6.07 Å². The predicted molar refractivity (Wildman–Crippen MR) is 96.3 cm³/mol. The third-order valence-electron chi connectivity index (χ3n) is 3.79. The van der Waals surface area contributed by atoms with Gasteiger partial charge in [-0.3, -0.25) is 0 Å². The summed E-state index contributed by atoms with van der Waals surface area (Å²) in [6.45, 7) is 2.23. The molecule has 0 amide bonds. The van der Waals surface area contributed by atoms with Crippen molar-refractivity contribution in [2.24, 2.45) is 0 Å². The molecular formula is C21H22ClF. The Labute approximate surface area is 143 Å². The van der Waals surface area contributed by atoms with Crippen LogP contribution in [0, 0.1) is 17.7 Å². The van der Waals surface area contributed by atoms with E-state index in [-0.39, 0.29) is 5.02 Å². The highest BCUT2D eigenvalue weighted by Gasteiger charge is 1.98. The summed E-state index contributed by atoms with van der Waals surface area (Å²) >= 11 is 5.66. The number of benzene rings is 2. The lowest BCUT2D eigenvalue weighted by molar-refractivity contribution is 0.628. The fraction of sp³-hybridized carbons (Fsp3) is 0.333. The molecule has 0 heterocycles. The molecule has 0 aliphatic rings. The lowest BCUT2D eigenvalue weighted by atomic mass is 10.0. The van der Waals surface area contributed by atoms with Gasteiger partial charge in [-0.05, 0) is 48.7 Å². The summed E-state index contributed by atoms with van der Waals surface area (Å²) in [4.78, 5) is 0. The van der Waals surface area contributed by atoms with Crippen LogP contribution in [0.1, 0.15) is 55.7 Å². The van der Waals surface area contributed by atoms with Crippen molar-refractivity contribution in [3.05, 3.63) is 70.0 Å². The molecule has 0 saturated carbocycles. The van der Waals surface area contributed by atoms with Crippen molar-refractivity contribution in [2.75, 3.05) is 0 Å². The summed E-state index contributed by atoms with van der Waals surface area (Å²) < 4.78 is 13.4. The van der Waals surface area contributed by atoms with Crippen LogP contribution in [0.5, 0.6) is 0 Å². The molecule has 0 radical (unpaired) electrons. The van der Waals surface area contributed by atoms with E-state index in [1.807, 2.05) is 12.1 Å². The van der Waals surface area contributed by atoms with Gasteiger partial charge in [-0.1, -0.05) is 68.2 Å². The second kappa shape index (κ2) is 9.38. The van der Waals surface area contributed by atoms with Crippen LogP contribution in [0.3, 0.4) is 0 Å². The van der Waals surface area contributed by atoms with Crippen molar-refractivity contribution in [1.29, 1.82) is 0 Å². The van der Waals surface area contributed by atoms with Crippen LogP contribution in [0.15, 0.2) is 42.5 Å². The Balaban J connectivity index is 1.90. The van der Waals surface area contributed by atoms with Crippen LogP contribution in [0.4, 0.5) is 4.39 Å². The molecule has 0 atom stereocenters. The average Bonchev–Trinajstić information content (AvgIpc) is 2.57. The molecule has 23 heavy (non-hydrogen) atoms. The number of aryl methyl sites for hydroxylation is 1. The van der Waals surface area contributed by atoms with Crippen molar-refractivity contribution < 1.29 is 4.39 Å². The SMILES string of the molecule is CCCCCCCc1ccc(C#Cc2ccc(Cl)c(F)c2)cc1. The molecule has 2 aromatic rings. The van der Waals surface area contributed by atoms with E-state index in [0.717, 1.165) is 12.0 Å². The maximum absolute atomic E-state index is 13.4. The van der Waals surface area contributed by atoms with Crippen LogP contribution >= 0.6 is 11.6 Å². The molecule has 2 rings (SSSR count). The van der Waals surface area contributed by atoms with E-state index in [1.165, 1.54) is 49.8 Å². The van der Waals surface area contributed by atoms with E-state index in [4.69, 9.17) is 11.6 Å². The summed E-state index contributed by atoms with van der Waals surface area (Å²) in [5, 5.41) is 0.124. The average molecular weight is 329 g/mol. The molecule has 0 N–H and O–H groups in total. The fourth-order valence-electron chi connectivity index (χ4n) is 2.41. The van der Waals surface area contributed by atoms with E-state index < -0.39 is 5.82 Å². The molecule has 2 heteroatoms. The van der Waals surface area contributed by atoms with Gasteiger partial charge in [-0.2, -0.15) is 0 Å². The normalized spacial score (nSPS) is 10.2. The van der Waals surface area contributed by atoms with Crippen molar-refractivity contribution in [3.8, 4) is 11.8 Å². The van der Waals surface area contributed by atoms with Crippen LogP contribution in [-0.2, 0) is 6.42 Å². The molecule has 0 unspecified atom stereocenters. The highest BCUT2D eigenvalue weighted by molar-refractivity contribution is 6.30. The van der Waals surface area contributed by atoms with Crippen molar-refractivity contribution in [2.45, 2.75) is 45.4 Å². The quantitative estimate of drug-likeness (QED) is 0.425. The van der Waals surface area contributed by atoms with Gasteiger partial charge in [0.05, 0.1) is 5.02 Å². The molecule has 0 nitrogen and oxygen atoms in total. The topological polar surface area (TPSA) is 0 Å². The van der Waals surface area contributed by atoms with Gasteiger partial charge in [-0.15, -0.1) is 0 Å². The van der Waals surface area contributed by atoms with Gasteiger partial charge in [0.15, 0.2) is 0 Å². The molecule has 120 valence electrons.